The predicted molar refractivity (Wildman–Crippen MR) is 190 cm³/mol. The molecule has 1 heteroatoms. The molecule has 0 saturated heterocycles. The Balaban J connectivity index is 1.04. The van der Waals surface area contributed by atoms with Crippen molar-refractivity contribution in [2.75, 3.05) is 4.90 Å². The summed E-state index contributed by atoms with van der Waals surface area (Å²) in [5, 5.41) is 4.99. The van der Waals surface area contributed by atoms with Crippen molar-refractivity contribution in [2.45, 2.75) is 6.42 Å². The Kier molecular flexibility index (Phi) is 6.62. The van der Waals surface area contributed by atoms with Crippen LogP contribution in [-0.4, -0.2) is 0 Å². The van der Waals surface area contributed by atoms with E-state index in [1.807, 2.05) is 0 Å². The number of benzene rings is 7. The first-order chi connectivity index (χ1) is 21.8. The van der Waals surface area contributed by atoms with Crippen molar-refractivity contribution in [2.24, 2.45) is 0 Å². The Bertz CT molecular complexity index is 2150. The Labute approximate surface area is 258 Å². The van der Waals surface area contributed by atoms with Gasteiger partial charge in [0.2, 0.25) is 0 Å². The maximum Gasteiger partial charge on any atom is 0.0468 e. The predicted octanol–water partition coefficient (Wildman–Crippen LogP) is 11.7. The summed E-state index contributed by atoms with van der Waals surface area (Å²) < 4.78 is 0. The van der Waals surface area contributed by atoms with Crippen LogP contribution in [0.4, 0.5) is 17.1 Å². The van der Waals surface area contributed by atoms with Crippen molar-refractivity contribution in [1.82, 2.24) is 0 Å². The minimum absolute atomic E-state index is 1.01. The summed E-state index contributed by atoms with van der Waals surface area (Å²) >= 11 is 0. The quantitative estimate of drug-likeness (QED) is 0.183. The lowest BCUT2D eigenvalue weighted by atomic mass is 9.98. The number of fused-ring (bicyclic) bond motifs is 3. The van der Waals surface area contributed by atoms with Gasteiger partial charge in [0.05, 0.1) is 0 Å². The Morgan fingerprint density at radius 3 is 1.64 bits per heavy atom. The summed E-state index contributed by atoms with van der Waals surface area (Å²) in [4.78, 5) is 2.31. The Morgan fingerprint density at radius 2 is 0.977 bits per heavy atom. The van der Waals surface area contributed by atoms with Crippen LogP contribution in [0.5, 0.6) is 0 Å². The van der Waals surface area contributed by atoms with Crippen LogP contribution in [0.1, 0.15) is 27.8 Å². The van der Waals surface area contributed by atoms with Crippen LogP contribution in [0, 0.1) is 0 Å². The highest BCUT2D eigenvalue weighted by atomic mass is 15.1. The summed E-state index contributed by atoms with van der Waals surface area (Å²) in [5.74, 6) is 0. The van der Waals surface area contributed by atoms with Gasteiger partial charge in [-0.15, -0.1) is 0 Å². The van der Waals surface area contributed by atoms with E-state index in [1.165, 1.54) is 54.9 Å². The number of allylic oxidation sites excluding steroid dienone is 1. The molecule has 0 unspecified atom stereocenters. The Morgan fingerprint density at radius 1 is 0.432 bits per heavy atom. The van der Waals surface area contributed by atoms with E-state index < -0.39 is 0 Å². The fourth-order valence-electron chi connectivity index (χ4n) is 6.32. The largest absolute Gasteiger partial charge is 0.310 e. The molecule has 7 aromatic carbocycles. The molecule has 0 radical (unpaired) electrons. The normalized spacial score (nSPS) is 12.5. The van der Waals surface area contributed by atoms with Gasteiger partial charge in [-0.25, -0.2) is 0 Å². The fraction of sp³-hybridized carbons (Fsp3) is 0.0233. The van der Waals surface area contributed by atoms with Crippen LogP contribution in [-0.2, 0) is 6.42 Å². The minimum atomic E-state index is 1.01. The number of hydrogen-bond acceptors (Lipinski definition) is 1. The van der Waals surface area contributed by atoms with E-state index in [4.69, 9.17) is 0 Å². The average molecular weight is 562 g/mol. The van der Waals surface area contributed by atoms with Crippen LogP contribution in [0.15, 0.2) is 158 Å². The van der Waals surface area contributed by atoms with Crippen LogP contribution >= 0.6 is 0 Å². The van der Waals surface area contributed by atoms with Crippen LogP contribution in [0.3, 0.4) is 0 Å². The molecule has 0 fully saturated rings. The summed E-state index contributed by atoms with van der Waals surface area (Å²) in [6, 6.07) is 56.8. The summed E-state index contributed by atoms with van der Waals surface area (Å²) in [7, 11) is 0. The third-order valence-electron chi connectivity index (χ3n) is 8.60. The molecule has 0 spiro atoms. The monoisotopic (exact) mass is 561 g/mol. The first-order valence-corrected chi connectivity index (χ1v) is 15.2. The maximum absolute atomic E-state index is 2.33. The van der Waals surface area contributed by atoms with Gasteiger partial charge in [-0.2, -0.15) is 0 Å². The lowest BCUT2D eigenvalue weighted by Crippen LogP contribution is -2.09. The maximum atomic E-state index is 2.33. The zero-order chi connectivity index (χ0) is 29.3. The Hall–Kier alpha value is -5.66. The van der Waals surface area contributed by atoms with E-state index in [9.17, 15) is 0 Å². The number of anilines is 3. The molecule has 0 saturated carbocycles. The second-order valence-corrected chi connectivity index (χ2v) is 11.5. The topological polar surface area (TPSA) is 3.24 Å². The van der Waals surface area contributed by atoms with Crippen molar-refractivity contribution >= 4 is 62.4 Å². The second-order valence-electron chi connectivity index (χ2n) is 11.5. The fourth-order valence-corrected chi connectivity index (χ4v) is 6.32. The van der Waals surface area contributed by atoms with E-state index in [2.05, 4.69) is 181 Å². The molecule has 1 aliphatic carbocycles. The molecule has 7 aromatic rings. The molecule has 0 N–H and O–H groups in total. The smallest absolute Gasteiger partial charge is 0.0468 e. The van der Waals surface area contributed by atoms with Crippen molar-refractivity contribution in [3.05, 3.63) is 186 Å². The number of hydrogen-bond donors (Lipinski definition) is 0. The van der Waals surface area contributed by atoms with Gasteiger partial charge in [0.15, 0.2) is 0 Å². The highest BCUT2D eigenvalue weighted by Gasteiger charge is 2.14. The van der Waals surface area contributed by atoms with Gasteiger partial charge in [0.25, 0.3) is 0 Å². The molecule has 208 valence electrons. The van der Waals surface area contributed by atoms with Gasteiger partial charge < -0.3 is 4.90 Å². The van der Waals surface area contributed by atoms with E-state index in [0.717, 1.165) is 23.5 Å². The summed E-state index contributed by atoms with van der Waals surface area (Å²) in [6.07, 6.45) is 7.77. The molecule has 0 bridgehead atoms. The highest BCUT2D eigenvalue weighted by Crippen LogP contribution is 2.36. The van der Waals surface area contributed by atoms with Crippen molar-refractivity contribution in [1.29, 1.82) is 0 Å². The molecule has 1 nitrogen and oxygen atoms in total. The SMILES string of the molecule is C1=C(c2ccc3cc(/C=C/c4ccc5cc(N(c6ccccc6)c6ccccc6)ccc5c4)ccc3c2)Cc2ccccc21. The van der Waals surface area contributed by atoms with E-state index >= 15 is 0 Å². The van der Waals surface area contributed by atoms with Crippen molar-refractivity contribution < 1.29 is 0 Å². The van der Waals surface area contributed by atoms with Crippen molar-refractivity contribution in [3.8, 4) is 0 Å². The highest BCUT2D eigenvalue weighted by molar-refractivity contribution is 5.95. The van der Waals surface area contributed by atoms with Gasteiger partial charge in [-0.1, -0.05) is 121 Å². The number of rotatable bonds is 6. The standard InChI is InChI=1S/C43H31N/c1-3-11-41(12-4-1)44(42-13-5-2-6-14-42)43-24-23-36-26-32(18-20-39(36)30-43)16-15-31-17-19-37-27-38(22-21-35(37)25-31)40-28-33-9-7-8-10-34(33)29-40/h1-28,30H,29H2/b16-15+. The van der Waals surface area contributed by atoms with Crippen LogP contribution < -0.4 is 4.90 Å². The van der Waals surface area contributed by atoms with E-state index in [0.29, 0.717) is 0 Å². The molecule has 0 aromatic heterocycles. The average Bonchev–Trinajstić information content (AvgIpc) is 3.53. The first-order valence-electron chi connectivity index (χ1n) is 15.2. The van der Waals surface area contributed by atoms with Gasteiger partial charge in [0.1, 0.15) is 0 Å². The van der Waals surface area contributed by atoms with E-state index in [1.54, 1.807) is 0 Å². The second kappa shape index (κ2) is 11.2. The van der Waals surface area contributed by atoms with Crippen LogP contribution in [0.2, 0.25) is 0 Å². The molecule has 44 heavy (non-hydrogen) atoms. The molecular formula is C43H31N. The van der Waals surface area contributed by atoms with Gasteiger partial charge in [-0.3, -0.25) is 0 Å². The van der Waals surface area contributed by atoms with Gasteiger partial charge >= 0.3 is 0 Å². The zero-order valence-electron chi connectivity index (χ0n) is 24.4. The molecule has 0 heterocycles. The third-order valence-corrected chi connectivity index (χ3v) is 8.60. The first kappa shape index (κ1) is 26.0. The number of para-hydroxylation sites is 2. The minimum Gasteiger partial charge on any atom is -0.310 e. The summed E-state index contributed by atoms with van der Waals surface area (Å²) in [6.45, 7) is 0. The molecule has 0 amide bonds. The summed E-state index contributed by atoms with van der Waals surface area (Å²) in [5.41, 5.74) is 11.3. The lowest BCUT2D eigenvalue weighted by Gasteiger charge is -2.25. The van der Waals surface area contributed by atoms with E-state index in [-0.39, 0.29) is 0 Å². The number of nitrogens with zero attached hydrogens (tertiary/aromatic N) is 1. The molecular weight excluding hydrogens is 530 g/mol. The van der Waals surface area contributed by atoms with Crippen molar-refractivity contribution in [3.63, 3.8) is 0 Å². The molecule has 8 rings (SSSR count). The third kappa shape index (κ3) is 5.10. The van der Waals surface area contributed by atoms with Gasteiger partial charge in [0, 0.05) is 17.1 Å². The van der Waals surface area contributed by atoms with Crippen LogP contribution in [0.25, 0.3) is 45.3 Å². The molecule has 0 aliphatic heterocycles. The molecule has 1 aliphatic rings. The lowest BCUT2D eigenvalue weighted by molar-refractivity contribution is 1.29. The zero-order valence-corrected chi connectivity index (χ0v) is 24.4. The molecule has 0 atom stereocenters. The van der Waals surface area contributed by atoms with Gasteiger partial charge in [-0.05, 0) is 116 Å².